The van der Waals surface area contributed by atoms with E-state index in [0.29, 0.717) is 5.75 Å². The van der Waals surface area contributed by atoms with Crippen LogP contribution in [0, 0.1) is 0 Å². The van der Waals surface area contributed by atoms with Crippen LogP contribution in [0.1, 0.15) is 24.4 Å². The summed E-state index contributed by atoms with van der Waals surface area (Å²) >= 11 is 0. The average Bonchev–Trinajstić information content (AvgIpc) is 2.55. The van der Waals surface area contributed by atoms with Crippen LogP contribution in [0.25, 0.3) is 0 Å². The fourth-order valence-corrected chi connectivity index (χ4v) is 2.97. The molecule has 0 radical (unpaired) electrons. The highest BCUT2D eigenvalue weighted by Gasteiger charge is 2.32. The fraction of sp³-hybridized carbons (Fsp3) is 0.529. The molecule has 134 valence electrons. The molecule has 7 heteroatoms. The molecule has 0 spiro atoms. The second-order valence-electron chi connectivity index (χ2n) is 5.62. The predicted octanol–water partition coefficient (Wildman–Crippen LogP) is 3.51. The summed E-state index contributed by atoms with van der Waals surface area (Å²) in [5.74, 6) is 0.134. The fourth-order valence-electron chi connectivity index (χ4n) is 2.97. The van der Waals surface area contributed by atoms with Gasteiger partial charge in [-0.15, -0.1) is 19.8 Å². The molecule has 24 heavy (non-hydrogen) atoms. The first-order valence-corrected chi connectivity index (χ1v) is 7.94. The molecule has 2 rings (SSSR count). The molecular weight excluding hydrogens is 321 g/mol. The number of alkyl halides is 3. The summed E-state index contributed by atoms with van der Waals surface area (Å²) in [6.45, 7) is 7.30. The maximum atomic E-state index is 12.4. The summed E-state index contributed by atoms with van der Waals surface area (Å²) in [6, 6.07) is 4.37. The van der Waals surface area contributed by atoms with Gasteiger partial charge in [0.1, 0.15) is 11.5 Å². The third kappa shape index (κ3) is 5.14. The monoisotopic (exact) mass is 344 g/mol. The van der Waals surface area contributed by atoms with Crippen molar-refractivity contribution in [3.05, 3.63) is 36.4 Å². The Morgan fingerprint density at radius 2 is 2.04 bits per heavy atom. The molecule has 0 bridgehead atoms. The highest BCUT2D eigenvalue weighted by atomic mass is 19.4. The van der Waals surface area contributed by atoms with E-state index in [2.05, 4.69) is 21.5 Å². The van der Waals surface area contributed by atoms with Crippen molar-refractivity contribution in [3.63, 3.8) is 0 Å². The van der Waals surface area contributed by atoms with Gasteiger partial charge in [-0.05, 0) is 18.9 Å². The number of allylic oxidation sites excluding steroid dienone is 1. The lowest BCUT2D eigenvalue weighted by atomic mass is 9.98. The molecule has 1 heterocycles. The lowest BCUT2D eigenvalue weighted by molar-refractivity contribution is -0.274. The highest BCUT2D eigenvalue weighted by molar-refractivity contribution is 5.42. The number of hydrogen-bond acceptors (Lipinski definition) is 4. The van der Waals surface area contributed by atoms with Gasteiger partial charge in [0, 0.05) is 43.9 Å². The number of ether oxygens (including phenoxy) is 2. The Labute approximate surface area is 140 Å². The smallest absolute Gasteiger partial charge is 0.496 e. The molecule has 4 nitrogen and oxygen atoms in total. The van der Waals surface area contributed by atoms with Crippen molar-refractivity contribution in [1.29, 1.82) is 0 Å². The van der Waals surface area contributed by atoms with Crippen LogP contribution in [0.15, 0.2) is 30.9 Å². The summed E-state index contributed by atoms with van der Waals surface area (Å²) in [5, 5.41) is 3.30. The van der Waals surface area contributed by atoms with E-state index in [4.69, 9.17) is 4.74 Å². The van der Waals surface area contributed by atoms with Gasteiger partial charge < -0.3 is 14.8 Å². The molecule has 1 aliphatic heterocycles. The van der Waals surface area contributed by atoms with Crippen LogP contribution in [-0.4, -0.2) is 44.6 Å². The zero-order valence-corrected chi connectivity index (χ0v) is 13.7. The molecule has 0 saturated carbocycles. The minimum absolute atomic E-state index is 0.0694. The van der Waals surface area contributed by atoms with Gasteiger partial charge >= 0.3 is 6.36 Å². The Hall–Kier alpha value is -1.73. The van der Waals surface area contributed by atoms with Crippen LogP contribution in [0.3, 0.4) is 0 Å². The minimum atomic E-state index is -4.71. The number of methoxy groups -OCH3 is 1. The largest absolute Gasteiger partial charge is 0.573 e. The van der Waals surface area contributed by atoms with E-state index in [9.17, 15) is 13.2 Å². The summed E-state index contributed by atoms with van der Waals surface area (Å²) in [4.78, 5) is 2.32. The number of halogens is 3. The molecule has 0 aromatic heterocycles. The molecule has 0 amide bonds. The Balaban J connectivity index is 2.28. The van der Waals surface area contributed by atoms with E-state index >= 15 is 0 Å². The minimum Gasteiger partial charge on any atom is -0.496 e. The standard InChI is InChI=1S/C17H23F3N2O2/c1-3-4-5-15(22-10-8-21-9-11-22)14-7-6-13(12-16(14)23-2)24-17(18,19)20/h3,6-7,12,15,21H,1,4-5,8-11H2,2H3/t15-/m0/s1. The van der Waals surface area contributed by atoms with Gasteiger partial charge in [-0.1, -0.05) is 12.1 Å². The van der Waals surface area contributed by atoms with Crippen molar-refractivity contribution >= 4 is 0 Å². The van der Waals surface area contributed by atoms with Gasteiger partial charge in [0.25, 0.3) is 0 Å². The molecule has 1 atom stereocenters. The quantitative estimate of drug-likeness (QED) is 0.768. The Morgan fingerprint density at radius 3 is 2.62 bits per heavy atom. The van der Waals surface area contributed by atoms with E-state index in [1.165, 1.54) is 19.2 Å². The summed E-state index contributed by atoms with van der Waals surface area (Å²) in [7, 11) is 1.46. The van der Waals surface area contributed by atoms with Crippen molar-refractivity contribution in [2.24, 2.45) is 0 Å². The molecule has 0 unspecified atom stereocenters. The summed E-state index contributed by atoms with van der Waals surface area (Å²) < 4.78 is 46.5. The van der Waals surface area contributed by atoms with Crippen LogP contribution in [0.2, 0.25) is 0 Å². The van der Waals surface area contributed by atoms with E-state index < -0.39 is 6.36 Å². The molecule has 1 aliphatic rings. The number of nitrogens with one attached hydrogen (secondary N) is 1. The lowest BCUT2D eigenvalue weighted by Gasteiger charge is -2.35. The van der Waals surface area contributed by atoms with Crippen molar-refractivity contribution < 1.29 is 22.6 Å². The van der Waals surface area contributed by atoms with Crippen LogP contribution < -0.4 is 14.8 Å². The van der Waals surface area contributed by atoms with E-state index in [-0.39, 0.29) is 11.8 Å². The maximum Gasteiger partial charge on any atom is 0.573 e. The van der Waals surface area contributed by atoms with Gasteiger partial charge in [-0.3, -0.25) is 4.90 Å². The zero-order valence-electron chi connectivity index (χ0n) is 13.7. The Kier molecular flexibility index (Phi) is 6.51. The SMILES string of the molecule is C=CCC[C@@H](c1ccc(OC(F)(F)F)cc1OC)N1CCNCC1. The van der Waals surface area contributed by atoms with Crippen molar-refractivity contribution in [2.45, 2.75) is 25.2 Å². The van der Waals surface area contributed by atoms with Crippen LogP contribution in [0.4, 0.5) is 13.2 Å². The molecule has 0 aliphatic carbocycles. The normalized spacial score (nSPS) is 17.3. The summed E-state index contributed by atoms with van der Waals surface area (Å²) in [5.41, 5.74) is 0.871. The Morgan fingerprint density at radius 1 is 1.33 bits per heavy atom. The second kappa shape index (κ2) is 8.39. The molecule has 1 aromatic carbocycles. The molecular formula is C17H23F3N2O2. The summed E-state index contributed by atoms with van der Waals surface area (Å²) in [6.07, 6.45) is -1.21. The molecule has 1 aromatic rings. The van der Waals surface area contributed by atoms with Gasteiger partial charge in [-0.2, -0.15) is 0 Å². The number of hydrogen-bond donors (Lipinski definition) is 1. The van der Waals surface area contributed by atoms with E-state index in [0.717, 1.165) is 44.6 Å². The number of rotatable bonds is 7. The lowest BCUT2D eigenvalue weighted by Crippen LogP contribution is -2.45. The number of benzene rings is 1. The van der Waals surface area contributed by atoms with Crippen molar-refractivity contribution in [1.82, 2.24) is 10.2 Å². The maximum absolute atomic E-state index is 12.4. The first-order chi connectivity index (χ1) is 11.4. The van der Waals surface area contributed by atoms with Gasteiger partial charge in [0.15, 0.2) is 0 Å². The highest BCUT2D eigenvalue weighted by Crippen LogP contribution is 2.36. The van der Waals surface area contributed by atoms with Gasteiger partial charge in [-0.25, -0.2) is 0 Å². The first-order valence-electron chi connectivity index (χ1n) is 7.94. The number of piperazine rings is 1. The third-order valence-corrected chi connectivity index (χ3v) is 4.03. The average molecular weight is 344 g/mol. The van der Waals surface area contributed by atoms with Crippen LogP contribution in [0.5, 0.6) is 11.5 Å². The Bertz CT molecular complexity index is 543. The van der Waals surface area contributed by atoms with Crippen LogP contribution in [-0.2, 0) is 0 Å². The van der Waals surface area contributed by atoms with Crippen LogP contribution >= 0.6 is 0 Å². The first kappa shape index (κ1) is 18.6. The van der Waals surface area contributed by atoms with Crippen molar-refractivity contribution in [2.75, 3.05) is 33.3 Å². The topological polar surface area (TPSA) is 33.7 Å². The van der Waals surface area contributed by atoms with Gasteiger partial charge in [0.05, 0.1) is 7.11 Å². The van der Waals surface area contributed by atoms with Crippen molar-refractivity contribution in [3.8, 4) is 11.5 Å². The number of nitrogens with zero attached hydrogens (tertiary/aromatic N) is 1. The zero-order chi connectivity index (χ0) is 17.6. The predicted molar refractivity (Wildman–Crippen MR) is 86.3 cm³/mol. The molecule has 1 fully saturated rings. The second-order valence-corrected chi connectivity index (χ2v) is 5.62. The van der Waals surface area contributed by atoms with E-state index in [1.807, 2.05) is 6.08 Å². The van der Waals surface area contributed by atoms with Gasteiger partial charge in [0.2, 0.25) is 0 Å². The molecule has 1 N–H and O–H groups in total. The molecule has 1 saturated heterocycles. The van der Waals surface area contributed by atoms with E-state index in [1.54, 1.807) is 6.07 Å². The third-order valence-electron chi connectivity index (χ3n) is 4.03.